The lowest BCUT2D eigenvalue weighted by Crippen LogP contribution is -2.35. The van der Waals surface area contributed by atoms with Crippen molar-refractivity contribution in [3.05, 3.63) is 34.9 Å². The van der Waals surface area contributed by atoms with Crippen LogP contribution in [0, 0.1) is 0 Å². The van der Waals surface area contributed by atoms with Gasteiger partial charge >= 0.3 is 0 Å². The van der Waals surface area contributed by atoms with Gasteiger partial charge in [-0.2, -0.15) is 0 Å². The Kier molecular flexibility index (Phi) is 2.80. The van der Waals surface area contributed by atoms with Crippen LogP contribution in [0.25, 0.3) is 11.1 Å². The van der Waals surface area contributed by atoms with Crippen molar-refractivity contribution < 1.29 is 19.3 Å². The van der Waals surface area contributed by atoms with E-state index in [9.17, 15) is 5.11 Å². The summed E-state index contributed by atoms with van der Waals surface area (Å²) in [4.78, 5) is 2.38. The molecule has 0 amide bonds. The monoisotopic (exact) mass is 325 g/mol. The van der Waals surface area contributed by atoms with Gasteiger partial charge in [0.1, 0.15) is 11.5 Å². The van der Waals surface area contributed by atoms with Crippen molar-refractivity contribution in [2.24, 2.45) is 0 Å². The summed E-state index contributed by atoms with van der Waals surface area (Å²) in [5, 5.41) is 10.1. The number of nitrogens with zero attached hydrogens (tertiary/aromatic N) is 1. The molecule has 5 nitrogen and oxygen atoms in total. The molecule has 0 unspecified atom stereocenters. The number of aromatic hydroxyl groups is 1. The van der Waals surface area contributed by atoms with Crippen molar-refractivity contribution in [1.29, 1.82) is 0 Å². The zero-order valence-corrected chi connectivity index (χ0v) is 13.8. The van der Waals surface area contributed by atoms with Gasteiger partial charge in [-0.3, -0.25) is 4.90 Å². The Morgan fingerprint density at radius 2 is 2.04 bits per heavy atom. The Balaban J connectivity index is 1.89. The first-order chi connectivity index (χ1) is 11.7. The number of ether oxygens (including phenoxy) is 3. The predicted octanol–water partition coefficient (Wildman–Crippen LogP) is 2.88. The summed E-state index contributed by atoms with van der Waals surface area (Å²) in [6.45, 7) is 1.27. The number of methoxy groups -OCH3 is 1. The highest BCUT2D eigenvalue weighted by molar-refractivity contribution is 5.87. The topological polar surface area (TPSA) is 51.2 Å². The average Bonchev–Trinajstić information content (AvgIpc) is 3.04. The van der Waals surface area contributed by atoms with Gasteiger partial charge in [-0.05, 0) is 48.7 Å². The fraction of sp³-hybridized carbons (Fsp3) is 0.368. The van der Waals surface area contributed by atoms with Crippen LogP contribution in [0.3, 0.4) is 0 Å². The van der Waals surface area contributed by atoms with E-state index in [1.165, 1.54) is 11.1 Å². The summed E-state index contributed by atoms with van der Waals surface area (Å²) in [6.07, 6.45) is 1.86. The number of phenolic OH excluding ortho intramolecular Hbond substituents is 1. The Bertz CT molecular complexity index is 861. The van der Waals surface area contributed by atoms with Crippen LogP contribution < -0.4 is 14.2 Å². The third-order valence-corrected chi connectivity index (χ3v) is 5.44. The average molecular weight is 325 g/mol. The van der Waals surface area contributed by atoms with Gasteiger partial charge in [0.25, 0.3) is 0 Å². The van der Waals surface area contributed by atoms with Gasteiger partial charge < -0.3 is 19.3 Å². The fourth-order valence-corrected chi connectivity index (χ4v) is 4.35. The smallest absolute Gasteiger partial charge is 0.231 e. The molecule has 3 aliphatic rings. The van der Waals surface area contributed by atoms with E-state index in [-0.39, 0.29) is 18.6 Å². The third kappa shape index (κ3) is 1.73. The summed E-state index contributed by atoms with van der Waals surface area (Å²) in [6, 6.07) is 5.95. The lowest BCUT2D eigenvalue weighted by molar-refractivity contribution is 0.174. The van der Waals surface area contributed by atoms with E-state index in [1.54, 1.807) is 13.2 Å². The highest BCUT2D eigenvalue weighted by atomic mass is 16.7. The molecule has 0 bridgehead atoms. The first kappa shape index (κ1) is 14.0. The molecule has 1 atom stereocenters. The van der Waals surface area contributed by atoms with Crippen LogP contribution in [-0.4, -0.2) is 37.5 Å². The molecule has 0 radical (unpaired) electrons. The molecule has 2 heterocycles. The van der Waals surface area contributed by atoms with E-state index in [2.05, 4.69) is 18.0 Å². The van der Waals surface area contributed by atoms with Crippen molar-refractivity contribution >= 4 is 0 Å². The van der Waals surface area contributed by atoms with E-state index in [4.69, 9.17) is 14.2 Å². The van der Waals surface area contributed by atoms with E-state index in [0.29, 0.717) is 5.75 Å². The molecule has 124 valence electrons. The van der Waals surface area contributed by atoms with E-state index >= 15 is 0 Å². The molecular weight excluding hydrogens is 306 g/mol. The lowest BCUT2D eigenvalue weighted by Gasteiger charge is -2.40. The molecule has 0 aromatic heterocycles. The molecule has 0 fully saturated rings. The maximum Gasteiger partial charge on any atom is 0.231 e. The highest BCUT2D eigenvalue weighted by Gasteiger charge is 2.39. The summed E-state index contributed by atoms with van der Waals surface area (Å²) in [5.41, 5.74) is 5.85. The molecule has 0 spiro atoms. The SMILES string of the molecule is COc1cc(O)cc2c1-c1c3c(cc4c1[C@@H](C2)N(C)CC4)OCO3. The quantitative estimate of drug-likeness (QED) is 0.874. The van der Waals surface area contributed by atoms with Crippen molar-refractivity contribution in [1.82, 2.24) is 4.90 Å². The molecule has 1 aliphatic carbocycles. The van der Waals surface area contributed by atoms with Crippen LogP contribution in [0.2, 0.25) is 0 Å². The van der Waals surface area contributed by atoms with Gasteiger partial charge in [-0.25, -0.2) is 0 Å². The molecule has 24 heavy (non-hydrogen) atoms. The van der Waals surface area contributed by atoms with E-state index < -0.39 is 0 Å². The molecule has 0 saturated carbocycles. The lowest BCUT2D eigenvalue weighted by atomic mass is 9.76. The highest BCUT2D eigenvalue weighted by Crippen LogP contribution is 2.56. The number of phenols is 1. The summed E-state index contributed by atoms with van der Waals surface area (Å²) in [5.74, 6) is 2.54. The second-order valence-electron chi connectivity index (χ2n) is 6.69. The maximum absolute atomic E-state index is 10.1. The summed E-state index contributed by atoms with van der Waals surface area (Å²) in [7, 11) is 3.80. The first-order valence-corrected chi connectivity index (χ1v) is 8.23. The molecule has 1 N–H and O–H groups in total. The van der Waals surface area contributed by atoms with Crippen LogP contribution in [-0.2, 0) is 12.8 Å². The third-order valence-electron chi connectivity index (χ3n) is 5.44. The van der Waals surface area contributed by atoms with Crippen molar-refractivity contribution in [2.45, 2.75) is 18.9 Å². The van der Waals surface area contributed by atoms with E-state index in [1.807, 2.05) is 6.07 Å². The number of hydrogen-bond acceptors (Lipinski definition) is 5. The van der Waals surface area contributed by atoms with Gasteiger partial charge in [0.15, 0.2) is 11.5 Å². The number of fused-ring (bicyclic) bond motifs is 4. The van der Waals surface area contributed by atoms with Gasteiger partial charge in [-0.1, -0.05) is 0 Å². The largest absolute Gasteiger partial charge is 0.508 e. The minimum absolute atomic E-state index is 0.234. The first-order valence-electron chi connectivity index (χ1n) is 8.23. The Morgan fingerprint density at radius 3 is 2.88 bits per heavy atom. The second kappa shape index (κ2) is 4.80. The van der Waals surface area contributed by atoms with Gasteiger partial charge in [-0.15, -0.1) is 0 Å². The van der Waals surface area contributed by atoms with Crippen LogP contribution in [0.4, 0.5) is 0 Å². The molecule has 0 saturated heterocycles. The number of benzene rings is 2. The maximum atomic E-state index is 10.1. The normalized spacial score (nSPS) is 20.5. The summed E-state index contributed by atoms with van der Waals surface area (Å²) < 4.78 is 17.1. The van der Waals surface area contributed by atoms with Crippen molar-refractivity contribution in [3.63, 3.8) is 0 Å². The zero-order chi connectivity index (χ0) is 16.4. The molecule has 2 aromatic carbocycles. The molecule has 2 aromatic rings. The minimum atomic E-state index is 0.234. The Hall–Kier alpha value is -2.40. The number of rotatable bonds is 1. The van der Waals surface area contributed by atoms with Gasteiger partial charge in [0, 0.05) is 29.8 Å². The molecule has 2 aliphatic heterocycles. The van der Waals surface area contributed by atoms with Gasteiger partial charge in [0.2, 0.25) is 6.79 Å². The summed E-state index contributed by atoms with van der Waals surface area (Å²) >= 11 is 0. The second-order valence-corrected chi connectivity index (χ2v) is 6.69. The van der Waals surface area contributed by atoms with E-state index in [0.717, 1.165) is 47.6 Å². The Labute approximate surface area is 140 Å². The molecule has 5 heteroatoms. The molecule has 5 rings (SSSR count). The Morgan fingerprint density at radius 1 is 1.17 bits per heavy atom. The van der Waals surface area contributed by atoms with Crippen LogP contribution in [0.5, 0.6) is 23.0 Å². The van der Waals surface area contributed by atoms with Crippen LogP contribution >= 0.6 is 0 Å². The predicted molar refractivity (Wildman–Crippen MR) is 89.0 cm³/mol. The standard InChI is InChI=1S/C19H19NO4/c1-20-4-3-10-7-15-19(24-9-23-15)18-16(10)13(20)6-11-5-12(21)8-14(22-2)17(11)18/h5,7-8,13,21H,3-4,6,9H2,1-2H3/t13-/m1/s1. The van der Waals surface area contributed by atoms with Crippen molar-refractivity contribution in [3.8, 4) is 34.1 Å². The van der Waals surface area contributed by atoms with Crippen LogP contribution in [0.1, 0.15) is 22.7 Å². The fourth-order valence-electron chi connectivity index (χ4n) is 4.35. The number of likely N-dealkylation sites (N-methyl/N-ethyl adjacent to an activating group) is 1. The zero-order valence-electron chi connectivity index (χ0n) is 13.8. The minimum Gasteiger partial charge on any atom is -0.508 e. The molecular formula is C19H19NO4. The van der Waals surface area contributed by atoms with Crippen LogP contribution in [0.15, 0.2) is 18.2 Å². The van der Waals surface area contributed by atoms with Crippen molar-refractivity contribution in [2.75, 3.05) is 27.5 Å². The number of hydrogen-bond donors (Lipinski definition) is 1. The van der Waals surface area contributed by atoms with Gasteiger partial charge in [0.05, 0.1) is 7.11 Å².